The van der Waals surface area contributed by atoms with Crippen molar-refractivity contribution in [1.29, 1.82) is 0 Å². The van der Waals surface area contributed by atoms with Crippen LogP contribution in [0.1, 0.15) is 20.4 Å². The van der Waals surface area contributed by atoms with Crippen LogP contribution in [0.2, 0.25) is 0 Å². The van der Waals surface area contributed by atoms with Gasteiger partial charge in [0.05, 0.1) is 5.03 Å². The van der Waals surface area contributed by atoms with Crippen molar-refractivity contribution in [1.82, 2.24) is 10.2 Å². The topological polar surface area (TPSA) is 64.1 Å². The number of benzene rings is 2. The van der Waals surface area contributed by atoms with Crippen LogP contribution in [0.4, 0.5) is 14.5 Å². The van der Waals surface area contributed by atoms with E-state index < -0.39 is 6.61 Å². The highest BCUT2D eigenvalue weighted by atomic mass is 35.5. The van der Waals surface area contributed by atoms with Gasteiger partial charge >= 0.3 is 6.61 Å². The third-order valence-electron chi connectivity index (χ3n) is 3.25. The second kappa shape index (κ2) is 8.70. The molecule has 1 heterocycles. The summed E-state index contributed by atoms with van der Waals surface area (Å²) >= 11 is 7.27. The molecule has 0 fully saturated rings. The fourth-order valence-corrected chi connectivity index (χ4v) is 3.00. The summed E-state index contributed by atoms with van der Waals surface area (Å²) in [5.74, 6) is -0.336. The van der Waals surface area contributed by atoms with Crippen molar-refractivity contribution in [2.24, 2.45) is 0 Å². The van der Waals surface area contributed by atoms with E-state index in [0.717, 1.165) is 11.3 Å². The summed E-state index contributed by atoms with van der Waals surface area (Å²) in [7, 11) is 0. The van der Waals surface area contributed by atoms with Crippen molar-refractivity contribution in [3.05, 3.63) is 70.2 Å². The van der Waals surface area contributed by atoms with Crippen LogP contribution in [0.25, 0.3) is 11.1 Å². The van der Waals surface area contributed by atoms with Gasteiger partial charge in [-0.1, -0.05) is 53.3 Å². The molecule has 0 unspecified atom stereocenters. The second-order valence-electron chi connectivity index (χ2n) is 5.17. The van der Waals surface area contributed by atoms with Crippen molar-refractivity contribution >= 4 is 45.6 Å². The average molecular weight is 408 g/mol. The van der Waals surface area contributed by atoms with Gasteiger partial charge < -0.3 is 10.1 Å². The van der Waals surface area contributed by atoms with Gasteiger partial charge in [-0.2, -0.15) is 8.78 Å². The van der Waals surface area contributed by atoms with Gasteiger partial charge in [-0.05, 0) is 35.9 Å². The zero-order valence-corrected chi connectivity index (χ0v) is 15.2. The first-order valence-electron chi connectivity index (χ1n) is 7.63. The Kier molecular flexibility index (Phi) is 6.10. The number of aromatic nitrogens is 2. The molecule has 0 aliphatic rings. The number of nitrogens with zero attached hydrogens (tertiary/aromatic N) is 2. The Morgan fingerprint density at radius 3 is 2.41 bits per heavy atom. The Morgan fingerprint density at radius 1 is 1.07 bits per heavy atom. The van der Waals surface area contributed by atoms with Gasteiger partial charge in [-0.25, -0.2) is 0 Å². The first-order valence-corrected chi connectivity index (χ1v) is 8.83. The van der Waals surface area contributed by atoms with E-state index in [4.69, 9.17) is 11.6 Å². The summed E-state index contributed by atoms with van der Waals surface area (Å²) in [4.78, 5) is 12.2. The molecule has 3 rings (SSSR count). The molecule has 5 nitrogen and oxygen atoms in total. The van der Waals surface area contributed by atoms with Crippen molar-refractivity contribution in [3.8, 4) is 5.75 Å². The quantitative estimate of drug-likeness (QED) is 0.615. The van der Waals surface area contributed by atoms with E-state index in [1.165, 1.54) is 12.1 Å². The minimum Gasteiger partial charge on any atom is -0.435 e. The highest BCUT2D eigenvalue weighted by Gasteiger charge is 2.15. The Balaban J connectivity index is 1.69. The van der Waals surface area contributed by atoms with E-state index >= 15 is 0 Å². The second-order valence-corrected chi connectivity index (χ2v) is 6.56. The number of para-hydroxylation sites is 1. The van der Waals surface area contributed by atoms with E-state index in [1.807, 2.05) is 6.07 Å². The van der Waals surface area contributed by atoms with Gasteiger partial charge in [0.15, 0.2) is 5.01 Å². The van der Waals surface area contributed by atoms with Crippen LogP contribution in [0.15, 0.2) is 54.6 Å². The maximum absolute atomic E-state index is 12.2. The van der Waals surface area contributed by atoms with E-state index in [2.05, 4.69) is 20.3 Å². The molecule has 0 saturated carbocycles. The van der Waals surface area contributed by atoms with Crippen molar-refractivity contribution in [3.63, 3.8) is 0 Å². The number of alkyl halides is 2. The van der Waals surface area contributed by atoms with E-state index in [-0.39, 0.29) is 21.7 Å². The SMILES string of the molecule is O=C(Nc1ccccc1)c1nnc(/C(Cl)=C/c2ccc(OC(F)F)cc2)s1. The molecule has 9 heteroatoms. The Hall–Kier alpha value is -2.84. The summed E-state index contributed by atoms with van der Waals surface area (Å²) in [6.07, 6.45) is 1.59. The fourth-order valence-electron chi connectivity index (χ4n) is 2.07. The van der Waals surface area contributed by atoms with Crippen LogP contribution in [0.5, 0.6) is 5.75 Å². The maximum atomic E-state index is 12.2. The molecule has 0 aliphatic heterocycles. The van der Waals surface area contributed by atoms with Crippen LogP contribution < -0.4 is 10.1 Å². The summed E-state index contributed by atoms with van der Waals surface area (Å²) < 4.78 is 28.6. The molecule has 0 spiro atoms. The molecule has 0 aliphatic carbocycles. The summed E-state index contributed by atoms with van der Waals surface area (Å²) in [5, 5.41) is 11.3. The molecular formula is C18H12ClF2N3O2S. The molecule has 1 N–H and O–H groups in total. The lowest BCUT2D eigenvalue weighted by atomic mass is 10.2. The Bertz CT molecular complexity index is 947. The minimum absolute atomic E-state index is 0.0501. The minimum atomic E-state index is -2.88. The fraction of sp³-hybridized carbons (Fsp3) is 0.0556. The smallest absolute Gasteiger partial charge is 0.387 e. The van der Waals surface area contributed by atoms with E-state index in [9.17, 15) is 13.6 Å². The van der Waals surface area contributed by atoms with Crippen LogP contribution in [0.3, 0.4) is 0 Å². The van der Waals surface area contributed by atoms with Gasteiger partial charge in [0.2, 0.25) is 5.01 Å². The van der Waals surface area contributed by atoms with Crippen LogP contribution >= 0.6 is 22.9 Å². The van der Waals surface area contributed by atoms with Crippen LogP contribution in [-0.2, 0) is 0 Å². The number of ether oxygens (including phenoxy) is 1. The molecule has 1 aromatic heterocycles. The lowest BCUT2D eigenvalue weighted by Crippen LogP contribution is -2.11. The molecule has 1 amide bonds. The van der Waals surface area contributed by atoms with Crippen molar-refractivity contribution in [2.75, 3.05) is 5.32 Å². The standard InChI is InChI=1S/C18H12ClF2N3O2S/c19-14(10-11-6-8-13(9-7-11)26-18(20)21)16-23-24-17(27-16)15(25)22-12-4-2-1-3-5-12/h1-10,18H,(H,22,25)/b14-10-. The number of amides is 1. The summed E-state index contributed by atoms with van der Waals surface area (Å²) in [5.41, 5.74) is 1.30. The molecule has 138 valence electrons. The van der Waals surface area contributed by atoms with Gasteiger partial charge in [-0.3, -0.25) is 4.79 Å². The predicted octanol–water partition coefficient (Wildman–Crippen LogP) is 5.13. The van der Waals surface area contributed by atoms with Gasteiger partial charge in [0.1, 0.15) is 5.75 Å². The molecule has 0 atom stereocenters. The number of nitrogens with one attached hydrogen (secondary N) is 1. The van der Waals surface area contributed by atoms with Crippen molar-refractivity contribution in [2.45, 2.75) is 6.61 Å². The molecule has 0 radical (unpaired) electrons. The number of hydrogen-bond donors (Lipinski definition) is 1. The van der Waals surface area contributed by atoms with E-state index in [0.29, 0.717) is 16.3 Å². The Labute approximate surface area is 162 Å². The zero-order chi connectivity index (χ0) is 19.2. The number of hydrogen-bond acceptors (Lipinski definition) is 5. The van der Waals surface area contributed by atoms with Crippen LogP contribution in [0, 0.1) is 0 Å². The highest BCUT2D eigenvalue weighted by molar-refractivity contribution is 7.15. The van der Waals surface area contributed by atoms with Gasteiger partial charge in [-0.15, -0.1) is 10.2 Å². The molecular weight excluding hydrogens is 396 g/mol. The summed E-state index contributed by atoms with van der Waals surface area (Å²) in [6.45, 7) is -2.88. The first-order chi connectivity index (χ1) is 13.0. The number of rotatable bonds is 6. The largest absolute Gasteiger partial charge is 0.435 e. The monoisotopic (exact) mass is 407 g/mol. The highest BCUT2D eigenvalue weighted by Crippen LogP contribution is 2.26. The zero-order valence-electron chi connectivity index (χ0n) is 13.6. The number of halogens is 3. The maximum Gasteiger partial charge on any atom is 0.387 e. The first kappa shape index (κ1) is 18.9. The lowest BCUT2D eigenvalue weighted by molar-refractivity contribution is -0.0498. The summed E-state index contributed by atoms with van der Waals surface area (Å²) in [6, 6.07) is 14.9. The number of carbonyl (C=O) groups is 1. The van der Waals surface area contributed by atoms with Gasteiger partial charge in [0.25, 0.3) is 5.91 Å². The average Bonchev–Trinajstić information content (AvgIpc) is 3.14. The molecule has 0 bridgehead atoms. The molecule has 2 aromatic carbocycles. The van der Waals surface area contributed by atoms with Gasteiger partial charge in [0, 0.05) is 5.69 Å². The molecule has 3 aromatic rings. The Morgan fingerprint density at radius 2 is 1.74 bits per heavy atom. The van der Waals surface area contributed by atoms with Crippen LogP contribution in [-0.4, -0.2) is 22.7 Å². The number of anilines is 1. The molecule has 27 heavy (non-hydrogen) atoms. The molecule has 0 saturated heterocycles. The van der Waals surface area contributed by atoms with E-state index in [1.54, 1.807) is 42.5 Å². The number of carbonyl (C=O) groups excluding carboxylic acids is 1. The lowest BCUT2D eigenvalue weighted by Gasteiger charge is -2.04. The normalized spacial score (nSPS) is 11.5. The third-order valence-corrected chi connectivity index (χ3v) is 4.61. The van der Waals surface area contributed by atoms with Crippen molar-refractivity contribution < 1.29 is 18.3 Å². The predicted molar refractivity (Wildman–Crippen MR) is 101 cm³/mol. The third kappa shape index (κ3) is 5.32.